The molecule has 2 heterocycles. The van der Waals surface area contributed by atoms with Gasteiger partial charge in [0.05, 0.1) is 6.10 Å². The molecule has 0 unspecified atom stereocenters. The highest BCUT2D eigenvalue weighted by molar-refractivity contribution is 6.05. The molecule has 0 saturated carbocycles. The van der Waals surface area contributed by atoms with Gasteiger partial charge in [-0.1, -0.05) is 0 Å². The average molecular weight is 271 g/mol. The standard InChI is InChI=1S/C11H10F3N4O/c1-6(2)19-9-4-7(10-15-5-16-18-10)3-8(17-9)11(12,13)14/h3-6H,1-2H3. The molecule has 0 atom stereocenters. The lowest BCUT2D eigenvalue weighted by atomic mass is 10.2. The van der Waals surface area contributed by atoms with Crippen molar-refractivity contribution < 1.29 is 17.9 Å². The van der Waals surface area contributed by atoms with Crippen LogP contribution < -0.4 is 10.2 Å². The summed E-state index contributed by atoms with van der Waals surface area (Å²) >= 11 is 0. The van der Waals surface area contributed by atoms with E-state index in [1.165, 1.54) is 6.07 Å². The number of ether oxygens (including phenoxy) is 1. The van der Waals surface area contributed by atoms with E-state index in [0.717, 1.165) is 12.4 Å². The first-order valence-electron chi connectivity index (χ1n) is 5.43. The Labute approximate surface area is 107 Å². The van der Waals surface area contributed by atoms with Crippen LogP contribution in [-0.4, -0.2) is 23.3 Å². The summed E-state index contributed by atoms with van der Waals surface area (Å²) in [7, 11) is 0. The number of hydrogen-bond acceptors (Lipinski definition) is 4. The fraction of sp³-hybridized carbons (Fsp3) is 0.364. The van der Waals surface area contributed by atoms with E-state index in [1.54, 1.807) is 13.8 Å². The topological polar surface area (TPSA) is 60.9 Å². The molecule has 0 fully saturated rings. The normalized spacial score (nSPS) is 14.5. The van der Waals surface area contributed by atoms with Gasteiger partial charge in [0.2, 0.25) is 5.88 Å². The zero-order chi connectivity index (χ0) is 14.0. The summed E-state index contributed by atoms with van der Waals surface area (Å²) in [6.45, 7) is 3.39. The molecule has 0 aromatic carbocycles. The lowest BCUT2D eigenvalue weighted by Crippen LogP contribution is -2.14. The molecule has 0 saturated heterocycles. The zero-order valence-electron chi connectivity index (χ0n) is 10.1. The lowest BCUT2D eigenvalue weighted by molar-refractivity contribution is -0.141. The number of alkyl halides is 3. The average Bonchev–Trinajstić information content (AvgIpc) is 2.79. The van der Waals surface area contributed by atoms with Gasteiger partial charge in [-0.15, -0.1) is 10.5 Å². The summed E-state index contributed by atoms with van der Waals surface area (Å²) in [6, 6.07) is 2.22. The zero-order valence-corrected chi connectivity index (χ0v) is 10.1. The van der Waals surface area contributed by atoms with E-state index in [4.69, 9.17) is 4.74 Å². The third-order valence-electron chi connectivity index (χ3n) is 2.09. The first-order valence-corrected chi connectivity index (χ1v) is 5.43. The van der Waals surface area contributed by atoms with Gasteiger partial charge in [-0.25, -0.2) is 9.98 Å². The van der Waals surface area contributed by atoms with Gasteiger partial charge in [0.1, 0.15) is 12.0 Å². The van der Waals surface area contributed by atoms with Gasteiger partial charge in [-0.3, -0.25) is 0 Å². The molecule has 0 aliphatic carbocycles. The van der Waals surface area contributed by atoms with E-state index in [0.29, 0.717) is 0 Å². The molecule has 1 aromatic rings. The Morgan fingerprint density at radius 3 is 2.47 bits per heavy atom. The van der Waals surface area contributed by atoms with Crippen LogP contribution in [0.3, 0.4) is 0 Å². The van der Waals surface area contributed by atoms with Gasteiger partial charge < -0.3 is 4.74 Å². The number of halogens is 3. The Kier molecular flexibility index (Phi) is 3.41. The van der Waals surface area contributed by atoms with Crippen molar-refractivity contribution in [2.75, 3.05) is 0 Å². The molecule has 101 valence electrons. The second-order valence-electron chi connectivity index (χ2n) is 4.03. The third kappa shape index (κ3) is 3.21. The number of amidine groups is 1. The first-order chi connectivity index (χ1) is 8.86. The van der Waals surface area contributed by atoms with Crippen LogP contribution in [0.5, 0.6) is 5.88 Å². The van der Waals surface area contributed by atoms with Gasteiger partial charge in [-0.05, 0) is 19.9 Å². The number of pyridine rings is 1. The van der Waals surface area contributed by atoms with E-state index < -0.39 is 11.9 Å². The molecule has 1 radical (unpaired) electrons. The Balaban J connectivity index is 2.45. The van der Waals surface area contributed by atoms with E-state index >= 15 is 0 Å². The molecule has 19 heavy (non-hydrogen) atoms. The summed E-state index contributed by atoms with van der Waals surface area (Å²) in [5.41, 5.74) is 2.59. The van der Waals surface area contributed by atoms with Crippen LogP contribution in [0.15, 0.2) is 22.2 Å². The molecule has 0 amide bonds. The van der Waals surface area contributed by atoms with Gasteiger partial charge in [-0.2, -0.15) is 13.2 Å². The lowest BCUT2D eigenvalue weighted by Gasteiger charge is -2.13. The minimum atomic E-state index is -4.56. The number of aromatic nitrogens is 1. The molecule has 0 spiro atoms. The number of nitrogens with zero attached hydrogens (tertiary/aromatic N) is 4. The Bertz CT molecular complexity index is 537. The van der Waals surface area contributed by atoms with Crippen LogP contribution in [0.2, 0.25) is 0 Å². The number of hydrogen-bond donors (Lipinski definition) is 0. The monoisotopic (exact) mass is 271 g/mol. The third-order valence-corrected chi connectivity index (χ3v) is 2.09. The highest BCUT2D eigenvalue weighted by Gasteiger charge is 2.34. The van der Waals surface area contributed by atoms with E-state index in [-0.39, 0.29) is 23.4 Å². The number of rotatable bonds is 3. The molecule has 8 heteroatoms. The van der Waals surface area contributed by atoms with E-state index in [2.05, 4.69) is 20.5 Å². The minimum absolute atomic E-state index is 0.0986. The van der Waals surface area contributed by atoms with Crippen molar-refractivity contribution in [1.82, 2.24) is 10.4 Å². The molecule has 1 aromatic heterocycles. The predicted molar refractivity (Wildman–Crippen MR) is 62.2 cm³/mol. The van der Waals surface area contributed by atoms with E-state index in [9.17, 15) is 13.2 Å². The van der Waals surface area contributed by atoms with Crippen molar-refractivity contribution >= 4 is 12.2 Å². The van der Waals surface area contributed by atoms with Crippen LogP contribution in [0.1, 0.15) is 25.1 Å². The second kappa shape index (κ2) is 4.87. The van der Waals surface area contributed by atoms with Gasteiger partial charge in [0, 0.05) is 11.6 Å². The van der Waals surface area contributed by atoms with Crippen molar-refractivity contribution in [2.45, 2.75) is 26.1 Å². The molecular formula is C11H10F3N4O. The Hall–Kier alpha value is -2.12. The molecular weight excluding hydrogens is 261 g/mol. The molecule has 0 N–H and O–H groups in total. The quantitative estimate of drug-likeness (QED) is 0.846. The second-order valence-corrected chi connectivity index (χ2v) is 4.03. The van der Waals surface area contributed by atoms with Crippen molar-refractivity contribution in [3.05, 3.63) is 23.4 Å². The van der Waals surface area contributed by atoms with Crippen LogP contribution in [0.25, 0.3) is 0 Å². The van der Waals surface area contributed by atoms with E-state index in [1.807, 2.05) is 0 Å². The van der Waals surface area contributed by atoms with Crippen molar-refractivity contribution in [3.8, 4) is 5.88 Å². The van der Waals surface area contributed by atoms with Crippen LogP contribution in [0.4, 0.5) is 13.2 Å². The minimum Gasteiger partial charge on any atom is -0.475 e. The fourth-order valence-corrected chi connectivity index (χ4v) is 1.40. The van der Waals surface area contributed by atoms with Crippen LogP contribution in [0, 0.1) is 0 Å². The van der Waals surface area contributed by atoms with Gasteiger partial charge in [0.25, 0.3) is 0 Å². The molecule has 0 bridgehead atoms. The maximum atomic E-state index is 12.8. The summed E-state index contributed by atoms with van der Waals surface area (Å²) < 4.78 is 43.5. The number of aliphatic imine (C=N–C) groups is 1. The largest absolute Gasteiger partial charge is 0.475 e. The molecule has 2 rings (SSSR count). The highest BCUT2D eigenvalue weighted by Crippen LogP contribution is 2.30. The van der Waals surface area contributed by atoms with Crippen LogP contribution >= 0.6 is 0 Å². The maximum absolute atomic E-state index is 12.8. The Morgan fingerprint density at radius 1 is 1.21 bits per heavy atom. The SMILES string of the molecule is CC(C)Oc1cc(C2=N[N]C=N2)cc(C(F)(F)F)n1. The molecule has 1 aliphatic rings. The molecule has 1 aliphatic heterocycles. The molecule has 5 nitrogen and oxygen atoms in total. The Morgan fingerprint density at radius 2 is 1.95 bits per heavy atom. The van der Waals surface area contributed by atoms with Crippen molar-refractivity contribution in [3.63, 3.8) is 0 Å². The summed E-state index contributed by atoms with van der Waals surface area (Å²) in [4.78, 5) is 7.19. The summed E-state index contributed by atoms with van der Waals surface area (Å²) in [6.07, 6.45) is -3.69. The maximum Gasteiger partial charge on any atom is 0.433 e. The fourth-order valence-electron chi connectivity index (χ4n) is 1.40. The predicted octanol–water partition coefficient (Wildman–Crippen LogP) is 2.20. The summed E-state index contributed by atoms with van der Waals surface area (Å²) in [5, 5.41) is 3.62. The van der Waals surface area contributed by atoms with Gasteiger partial charge in [0.15, 0.2) is 5.84 Å². The van der Waals surface area contributed by atoms with Crippen molar-refractivity contribution in [2.24, 2.45) is 10.1 Å². The van der Waals surface area contributed by atoms with Crippen LogP contribution in [-0.2, 0) is 6.18 Å². The first kappa shape index (κ1) is 13.3. The highest BCUT2D eigenvalue weighted by atomic mass is 19.4. The van der Waals surface area contributed by atoms with Crippen molar-refractivity contribution in [1.29, 1.82) is 0 Å². The van der Waals surface area contributed by atoms with Gasteiger partial charge >= 0.3 is 6.18 Å². The smallest absolute Gasteiger partial charge is 0.433 e. The summed E-state index contributed by atoms with van der Waals surface area (Å²) in [5.74, 6) is -0.0221.